The number of thiophene rings is 1. The summed E-state index contributed by atoms with van der Waals surface area (Å²) in [6.07, 6.45) is 0. The summed E-state index contributed by atoms with van der Waals surface area (Å²) in [6.45, 7) is 0.510. The minimum Gasteiger partial charge on any atom is -0.334 e. The Hall–Kier alpha value is -2.77. The molecule has 0 unspecified atom stereocenters. The Morgan fingerprint density at radius 3 is 2.43 bits per heavy atom. The van der Waals surface area contributed by atoms with Gasteiger partial charge in [-0.3, -0.25) is 4.79 Å². The first-order valence-electron chi connectivity index (χ1n) is 8.68. The molecule has 0 atom stereocenters. The number of nitrogens with zero attached hydrogens (tertiary/aromatic N) is 4. The topological polar surface area (TPSA) is 51.0 Å². The maximum absolute atomic E-state index is 13.0. The van der Waals surface area contributed by atoms with Gasteiger partial charge >= 0.3 is 0 Å². The Labute approximate surface area is 175 Å². The van der Waals surface area contributed by atoms with E-state index in [1.807, 2.05) is 72.1 Å². The van der Waals surface area contributed by atoms with Crippen molar-refractivity contribution in [1.29, 1.82) is 0 Å². The van der Waals surface area contributed by atoms with Crippen molar-refractivity contribution < 1.29 is 4.79 Å². The van der Waals surface area contributed by atoms with E-state index in [-0.39, 0.29) is 11.7 Å². The van der Waals surface area contributed by atoms with Crippen LogP contribution in [0.1, 0.15) is 15.5 Å². The van der Waals surface area contributed by atoms with Crippen LogP contribution in [0.3, 0.4) is 0 Å². The van der Waals surface area contributed by atoms with Crippen molar-refractivity contribution in [2.75, 3.05) is 7.05 Å². The molecule has 2 aromatic heterocycles. The molecule has 0 spiro atoms. The van der Waals surface area contributed by atoms with E-state index in [9.17, 15) is 4.79 Å². The summed E-state index contributed by atoms with van der Waals surface area (Å²) in [4.78, 5) is 20.3. The normalized spacial score (nSPS) is 10.8. The van der Waals surface area contributed by atoms with E-state index in [4.69, 9.17) is 0 Å². The molecule has 2 aromatic carbocycles. The fraction of sp³-hybridized carbons (Fsp3) is 0.0952. The summed E-state index contributed by atoms with van der Waals surface area (Å²) in [7, 11) is 1.77. The van der Waals surface area contributed by atoms with Gasteiger partial charge in [0.1, 0.15) is 0 Å². The molecule has 2 heterocycles. The third-order valence-corrected chi connectivity index (χ3v) is 5.88. The summed E-state index contributed by atoms with van der Waals surface area (Å²) in [5, 5.41) is 6.54. The first-order valence-corrected chi connectivity index (χ1v) is 10.4. The SMILES string of the molecule is CN(Cc1cc(Br)cs1)C(=O)c1nc(-c2ccccc2)n(-c2ccccc2)n1. The molecule has 0 bridgehead atoms. The molecule has 0 aliphatic rings. The molecule has 0 radical (unpaired) electrons. The molecule has 1 amide bonds. The molecule has 5 nitrogen and oxygen atoms in total. The van der Waals surface area contributed by atoms with Crippen LogP contribution in [-0.4, -0.2) is 32.6 Å². The molecule has 0 saturated carbocycles. The smallest absolute Gasteiger partial charge is 0.293 e. The molecule has 0 saturated heterocycles. The first-order chi connectivity index (χ1) is 13.6. The van der Waals surface area contributed by atoms with Gasteiger partial charge in [-0.05, 0) is 34.1 Å². The largest absolute Gasteiger partial charge is 0.334 e. The zero-order valence-corrected chi connectivity index (χ0v) is 17.5. The fourth-order valence-electron chi connectivity index (χ4n) is 2.84. The van der Waals surface area contributed by atoms with E-state index in [2.05, 4.69) is 26.0 Å². The second kappa shape index (κ2) is 8.08. The number of benzene rings is 2. The molecule has 4 rings (SSSR count). The minimum atomic E-state index is -0.212. The second-order valence-electron chi connectivity index (χ2n) is 6.26. The quantitative estimate of drug-likeness (QED) is 0.426. The number of rotatable bonds is 5. The van der Waals surface area contributed by atoms with E-state index in [1.54, 1.807) is 28.0 Å². The maximum Gasteiger partial charge on any atom is 0.293 e. The number of hydrogen-bond acceptors (Lipinski definition) is 4. The number of halogens is 1. The average molecular weight is 453 g/mol. The molecule has 0 fully saturated rings. The monoisotopic (exact) mass is 452 g/mol. The highest BCUT2D eigenvalue weighted by molar-refractivity contribution is 9.10. The Morgan fingerprint density at radius 1 is 1.11 bits per heavy atom. The summed E-state index contributed by atoms with van der Waals surface area (Å²) < 4.78 is 2.74. The number of aromatic nitrogens is 3. The van der Waals surface area contributed by atoms with Gasteiger partial charge in [0.2, 0.25) is 5.82 Å². The van der Waals surface area contributed by atoms with Gasteiger partial charge in [-0.1, -0.05) is 48.5 Å². The second-order valence-corrected chi connectivity index (χ2v) is 8.18. The van der Waals surface area contributed by atoms with Gasteiger partial charge in [0.05, 0.1) is 12.2 Å². The average Bonchev–Trinajstić information content (AvgIpc) is 3.35. The van der Waals surface area contributed by atoms with Crippen LogP contribution in [0, 0.1) is 0 Å². The lowest BCUT2D eigenvalue weighted by molar-refractivity contribution is 0.0774. The third-order valence-electron chi connectivity index (χ3n) is 4.19. The Morgan fingerprint density at radius 2 is 1.79 bits per heavy atom. The van der Waals surface area contributed by atoms with Crippen molar-refractivity contribution in [2.24, 2.45) is 0 Å². The molecule has 0 N–H and O–H groups in total. The lowest BCUT2D eigenvalue weighted by Crippen LogP contribution is -2.27. The number of amides is 1. The third kappa shape index (κ3) is 3.90. The van der Waals surface area contributed by atoms with Gasteiger partial charge in [-0.2, -0.15) is 0 Å². The Balaban J connectivity index is 1.69. The van der Waals surface area contributed by atoms with Gasteiger partial charge in [-0.15, -0.1) is 16.4 Å². The van der Waals surface area contributed by atoms with Crippen molar-refractivity contribution in [2.45, 2.75) is 6.54 Å². The van der Waals surface area contributed by atoms with E-state index >= 15 is 0 Å². The number of para-hydroxylation sites is 1. The minimum absolute atomic E-state index is 0.181. The van der Waals surface area contributed by atoms with Crippen LogP contribution in [0.5, 0.6) is 0 Å². The van der Waals surface area contributed by atoms with Crippen LogP contribution in [0.25, 0.3) is 17.1 Å². The summed E-state index contributed by atoms with van der Waals surface area (Å²) in [5.74, 6) is 0.611. The van der Waals surface area contributed by atoms with Gasteiger partial charge in [0, 0.05) is 27.3 Å². The predicted molar refractivity (Wildman–Crippen MR) is 115 cm³/mol. The molecular formula is C21H17BrN4OS. The van der Waals surface area contributed by atoms with Crippen LogP contribution in [-0.2, 0) is 6.54 Å². The molecule has 28 heavy (non-hydrogen) atoms. The maximum atomic E-state index is 13.0. The standard InChI is InChI=1S/C21H17BrN4OS/c1-25(13-18-12-16(22)14-28-18)21(27)19-23-20(15-8-4-2-5-9-15)26(24-19)17-10-6-3-7-11-17/h2-12,14H,13H2,1H3. The van der Waals surface area contributed by atoms with Crippen molar-refractivity contribution in [3.8, 4) is 17.1 Å². The number of hydrogen-bond donors (Lipinski definition) is 0. The highest BCUT2D eigenvalue weighted by Gasteiger charge is 2.22. The van der Waals surface area contributed by atoms with Crippen LogP contribution in [0.15, 0.2) is 76.6 Å². The predicted octanol–water partition coefficient (Wildman–Crippen LogP) is 5.03. The van der Waals surface area contributed by atoms with Crippen LogP contribution < -0.4 is 0 Å². The Kier molecular flexibility index (Phi) is 5.36. The molecule has 0 aliphatic carbocycles. The van der Waals surface area contributed by atoms with Crippen LogP contribution >= 0.6 is 27.3 Å². The lowest BCUT2D eigenvalue weighted by Gasteiger charge is -2.13. The summed E-state index contributed by atoms with van der Waals surface area (Å²) >= 11 is 5.05. The fourth-order valence-corrected chi connectivity index (χ4v) is 4.34. The van der Waals surface area contributed by atoms with Gasteiger partial charge < -0.3 is 4.90 Å². The van der Waals surface area contributed by atoms with E-state index in [0.29, 0.717) is 12.4 Å². The Bertz CT molecular complexity index is 1040. The highest BCUT2D eigenvalue weighted by Crippen LogP contribution is 2.23. The summed E-state index contributed by atoms with van der Waals surface area (Å²) in [5.41, 5.74) is 1.76. The van der Waals surface area contributed by atoms with Crippen molar-refractivity contribution in [3.63, 3.8) is 0 Å². The molecule has 4 aromatic rings. The van der Waals surface area contributed by atoms with Gasteiger partial charge in [-0.25, -0.2) is 9.67 Å². The van der Waals surface area contributed by atoms with Crippen molar-refractivity contribution in [1.82, 2.24) is 19.7 Å². The molecule has 140 valence electrons. The van der Waals surface area contributed by atoms with Crippen molar-refractivity contribution >= 4 is 33.2 Å². The zero-order valence-electron chi connectivity index (χ0n) is 15.1. The van der Waals surface area contributed by atoms with Gasteiger partial charge in [0.25, 0.3) is 5.91 Å². The lowest BCUT2D eigenvalue weighted by atomic mass is 10.2. The molecular weight excluding hydrogens is 436 g/mol. The summed E-state index contributed by atoms with van der Waals surface area (Å²) in [6, 6.07) is 21.5. The van der Waals surface area contributed by atoms with E-state index in [1.165, 1.54) is 0 Å². The van der Waals surface area contributed by atoms with E-state index < -0.39 is 0 Å². The van der Waals surface area contributed by atoms with Crippen molar-refractivity contribution in [3.05, 3.63) is 87.3 Å². The first kappa shape index (κ1) is 18.6. The zero-order chi connectivity index (χ0) is 19.5. The molecule has 7 heteroatoms. The van der Waals surface area contributed by atoms with E-state index in [0.717, 1.165) is 20.6 Å². The van der Waals surface area contributed by atoms with Crippen LogP contribution in [0.2, 0.25) is 0 Å². The number of carbonyl (C=O) groups excluding carboxylic acids is 1. The number of carbonyl (C=O) groups is 1. The van der Waals surface area contributed by atoms with Gasteiger partial charge in [0.15, 0.2) is 5.82 Å². The highest BCUT2D eigenvalue weighted by atomic mass is 79.9. The van der Waals surface area contributed by atoms with Crippen LogP contribution in [0.4, 0.5) is 0 Å². The molecule has 0 aliphatic heterocycles.